The van der Waals surface area contributed by atoms with Crippen LogP contribution < -0.4 is 0 Å². The number of carboxylic acids is 1. The fraction of sp³-hybridized carbons (Fsp3) is 0.636. The molecule has 0 aliphatic rings. The molecule has 1 aromatic rings. The van der Waals surface area contributed by atoms with Crippen molar-refractivity contribution in [1.29, 1.82) is 5.26 Å². The van der Waals surface area contributed by atoms with E-state index in [1.54, 1.807) is 0 Å². The molecule has 0 spiro atoms. The topological polar surface area (TPSA) is 95.0 Å². The quantitative estimate of drug-likeness (QED) is 0.762. The summed E-state index contributed by atoms with van der Waals surface area (Å²) in [6.07, 6.45) is 1.89. The monoisotopic (exact) mass is 251 g/mol. The molecule has 0 saturated heterocycles. The smallest absolute Gasteiger partial charge is 0.358 e. The van der Waals surface area contributed by atoms with E-state index in [1.807, 2.05) is 0 Å². The van der Waals surface area contributed by atoms with E-state index in [2.05, 4.69) is 35.1 Å². The van der Waals surface area contributed by atoms with Crippen LogP contribution in [0, 0.1) is 11.3 Å². The average Bonchev–Trinajstić information content (AvgIpc) is 2.77. The van der Waals surface area contributed by atoms with E-state index in [4.69, 9.17) is 10.4 Å². The maximum Gasteiger partial charge on any atom is 0.358 e. The van der Waals surface area contributed by atoms with Gasteiger partial charge in [0.2, 0.25) is 0 Å². The minimum absolute atomic E-state index is 0.0527. The molecular weight excluding hydrogens is 234 g/mol. The largest absolute Gasteiger partial charge is 0.476 e. The lowest BCUT2D eigenvalue weighted by Gasteiger charge is -2.25. The molecule has 1 N–H and O–H groups in total. The standard InChI is InChI=1S/C11H17N5O2/c1-9(2)15(5-3-4-12)6-7-16-8-10(11(17)18)13-14-16/h8-9H,3,5-7H2,1-2H3,(H,17,18). The lowest BCUT2D eigenvalue weighted by atomic mass is 10.3. The highest BCUT2D eigenvalue weighted by molar-refractivity contribution is 5.84. The van der Waals surface area contributed by atoms with Crippen molar-refractivity contribution >= 4 is 5.97 Å². The highest BCUT2D eigenvalue weighted by Crippen LogP contribution is 2.01. The van der Waals surface area contributed by atoms with Gasteiger partial charge in [0.05, 0.1) is 18.8 Å². The van der Waals surface area contributed by atoms with E-state index in [0.29, 0.717) is 32.1 Å². The molecule has 1 heterocycles. The summed E-state index contributed by atoms with van der Waals surface area (Å²) in [6.45, 7) is 6.09. The second-order valence-electron chi connectivity index (χ2n) is 4.21. The highest BCUT2D eigenvalue weighted by Gasteiger charge is 2.11. The number of hydrogen-bond donors (Lipinski definition) is 1. The molecule has 98 valence electrons. The molecule has 0 amide bonds. The Morgan fingerprint density at radius 1 is 1.61 bits per heavy atom. The van der Waals surface area contributed by atoms with Crippen molar-refractivity contribution in [3.63, 3.8) is 0 Å². The van der Waals surface area contributed by atoms with E-state index < -0.39 is 5.97 Å². The predicted octanol–water partition coefficient (Wildman–Crippen LogP) is 0.600. The molecule has 1 rings (SSSR count). The molecule has 0 radical (unpaired) electrons. The molecule has 0 unspecified atom stereocenters. The number of nitriles is 1. The van der Waals surface area contributed by atoms with Gasteiger partial charge in [-0.2, -0.15) is 5.26 Å². The van der Waals surface area contributed by atoms with Gasteiger partial charge in [0.15, 0.2) is 5.69 Å². The van der Waals surface area contributed by atoms with Gasteiger partial charge in [-0.25, -0.2) is 4.79 Å². The molecule has 7 heteroatoms. The van der Waals surface area contributed by atoms with Crippen LogP contribution in [-0.2, 0) is 6.54 Å². The molecule has 0 fully saturated rings. The maximum absolute atomic E-state index is 10.6. The lowest BCUT2D eigenvalue weighted by molar-refractivity contribution is 0.0690. The van der Waals surface area contributed by atoms with Crippen molar-refractivity contribution in [2.24, 2.45) is 0 Å². The fourth-order valence-corrected chi connectivity index (χ4v) is 1.56. The Hall–Kier alpha value is -1.94. The summed E-state index contributed by atoms with van der Waals surface area (Å²) in [5.41, 5.74) is -0.0527. The second-order valence-corrected chi connectivity index (χ2v) is 4.21. The lowest BCUT2D eigenvalue weighted by Crippen LogP contribution is -2.34. The van der Waals surface area contributed by atoms with Crippen LogP contribution >= 0.6 is 0 Å². The second kappa shape index (κ2) is 6.71. The Bertz CT molecular complexity index is 435. The number of hydrogen-bond acceptors (Lipinski definition) is 5. The van der Waals surface area contributed by atoms with Gasteiger partial charge in [0, 0.05) is 25.6 Å². The summed E-state index contributed by atoms with van der Waals surface area (Å²) >= 11 is 0. The highest BCUT2D eigenvalue weighted by atomic mass is 16.4. The first-order chi connectivity index (χ1) is 8.54. The zero-order valence-corrected chi connectivity index (χ0v) is 10.6. The van der Waals surface area contributed by atoms with Gasteiger partial charge in [0.1, 0.15) is 0 Å². The van der Waals surface area contributed by atoms with Gasteiger partial charge in [-0.15, -0.1) is 5.10 Å². The Morgan fingerprint density at radius 2 is 2.33 bits per heavy atom. The van der Waals surface area contributed by atoms with Crippen LogP contribution in [0.3, 0.4) is 0 Å². The molecule has 18 heavy (non-hydrogen) atoms. The van der Waals surface area contributed by atoms with Crippen molar-refractivity contribution in [3.05, 3.63) is 11.9 Å². The summed E-state index contributed by atoms with van der Waals surface area (Å²) in [6, 6.07) is 2.45. The molecule has 7 nitrogen and oxygen atoms in total. The first-order valence-electron chi connectivity index (χ1n) is 5.79. The van der Waals surface area contributed by atoms with Crippen LogP contribution in [0.15, 0.2) is 6.20 Å². The Morgan fingerprint density at radius 3 is 2.83 bits per heavy atom. The van der Waals surface area contributed by atoms with Crippen LogP contribution in [-0.4, -0.2) is 50.1 Å². The summed E-state index contributed by atoms with van der Waals surface area (Å²) in [5, 5.41) is 24.6. The van der Waals surface area contributed by atoms with E-state index >= 15 is 0 Å². The van der Waals surface area contributed by atoms with Crippen LogP contribution in [0.1, 0.15) is 30.8 Å². The average molecular weight is 251 g/mol. The fourth-order valence-electron chi connectivity index (χ4n) is 1.56. The number of rotatable bonds is 7. The molecule has 0 aliphatic carbocycles. The Labute approximate surface area is 106 Å². The maximum atomic E-state index is 10.6. The van der Waals surface area contributed by atoms with E-state index in [0.717, 1.165) is 0 Å². The van der Waals surface area contributed by atoms with Gasteiger partial charge < -0.3 is 5.11 Å². The first kappa shape index (κ1) is 14.1. The van der Waals surface area contributed by atoms with Crippen LogP contribution in [0.25, 0.3) is 0 Å². The summed E-state index contributed by atoms with van der Waals surface area (Å²) < 4.78 is 1.51. The van der Waals surface area contributed by atoms with Gasteiger partial charge in [-0.05, 0) is 13.8 Å². The molecule has 0 saturated carbocycles. The molecule has 0 aliphatic heterocycles. The molecule has 0 atom stereocenters. The molecule has 0 aromatic carbocycles. The van der Waals surface area contributed by atoms with Gasteiger partial charge in [0.25, 0.3) is 0 Å². The van der Waals surface area contributed by atoms with Gasteiger partial charge in [-0.3, -0.25) is 9.58 Å². The third-order valence-electron chi connectivity index (χ3n) is 2.62. The van der Waals surface area contributed by atoms with Crippen LogP contribution in [0.2, 0.25) is 0 Å². The molecular formula is C11H17N5O2. The predicted molar refractivity (Wildman–Crippen MR) is 63.9 cm³/mol. The van der Waals surface area contributed by atoms with Gasteiger partial charge in [-0.1, -0.05) is 5.21 Å². The third kappa shape index (κ3) is 4.14. The number of aromatic carboxylic acids is 1. The SMILES string of the molecule is CC(C)N(CCC#N)CCn1cc(C(=O)O)nn1. The Balaban J connectivity index is 2.50. The number of aromatic nitrogens is 3. The normalized spacial score (nSPS) is 10.8. The van der Waals surface area contributed by atoms with Crippen molar-refractivity contribution in [2.45, 2.75) is 32.9 Å². The van der Waals surface area contributed by atoms with Crippen molar-refractivity contribution in [1.82, 2.24) is 19.9 Å². The van der Waals surface area contributed by atoms with E-state index in [-0.39, 0.29) is 5.69 Å². The first-order valence-corrected chi connectivity index (χ1v) is 5.79. The number of nitrogens with zero attached hydrogens (tertiary/aromatic N) is 5. The number of carboxylic acid groups (broad SMARTS) is 1. The van der Waals surface area contributed by atoms with Crippen LogP contribution in [0.5, 0.6) is 0 Å². The zero-order valence-electron chi connectivity index (χ0n) is 10.6. The summed E-state index contributed by atoms with van der Waals surface area (Å²) in [5.74, 6) is -1.08. The molecule has 1 aromatic heterocycles. The minimum atomic E-state index is -1.08. The van der Waals surface area contributed by atoms with Crippen molar-refractivity contribution in [3.8, 4) is 6.07 Å². The summed E-state index contributed by atoms with van der Waals surface area (Å²) in [7, 11) is 0. The summed E-state index contributed by atoms with van der Waals surface area (Å²) in [4.78, 5) is 12.8. The van der Waals surface area contributed by atoms with Crippen molar-refractivity contribution in [2.75, 3.05) is 13.1 Å². The minimum Gasteiger partial charge on any atom is -0.476 e. The Kier molecular flexibility index (Phi) is 5.27. The van der Waals surface area contributed by atoms with E-state index in [1.165, 1.54) is 10.9 Å². The van der Waals surface area contributed by atoms with Crippen LogP contribution in [0.4, 0.5) is 0 Å². The van der Waals surface area contributed by atoms with E-state index in [9.17, 15) is 4.79 Å². The number of carbonyl (C=O) groups is 1. The molecule has 0 bridgehead atoms. The zero-order chi connectivity index (χ0) is 13.5. The third-order valence-corrected chi connectivity index (χ3v) is 2.62. The van der Waals surface area contributed by atoms with Crippen molar-refractivity contribution < 1.29 is 9.90 Å². The van der Waals surface area contributed by atoms with Gasteiger partial charge >= 0.3 is 5.97 Å².